The van der Waals surface area contributed by atoms with E-state index in [-0.39, 0.29) is 23.0 Å². The molecule has 0 bridgehead atoms. The number of nitrogens with zero attached hydrogens (tertiary/aromatic N) is 1. The zero-order valence-corrected chi connectivity index (χ0v) is 14.3. The molecule has 2 rings (SSSR count). The Balaban J connectivity index is 2.35. The third kappa shape index (κ3) is 4.38. The fourth-order valence-electron chi connectivity index (χ4n) is 1.94. The van der Waals surface area contributed by atoms with Gasteiger partial charge in [0, 0.05) is 12.7 Å². The molecule has 0 aliphatic carbocycles. The first kappa shape index (κ1) is 17.6. The zero-order chi connectivity index (χ0) is 17.0. The van der Waals surface area contributed by atoms with Gasteiger partial charge in [0.15, 0.2) is 0 Å². The van der Waals surface area contributed by atoms with E-state index in [1.807, 2.05) is 0 Å². The molecular weight excluding hydrogens is 359 g/mol. The number of hydrogen-bond donors (Lipinski definition) is 1. The van der Waals surface area contributed by atoms with E-state index in [0.717, 1.165) is 5.56 Å². The van der Waals surface area contributed by atoms with Crippen LogP contribution in [0.1, 0.15) is 15.9 Å². The van der Waals surface area contributed by atoms with Crippen molar-refractivity contribution in [2.24, 2.45) is 0 Å². The molecule has 1 aromatic carbocycles. The van der Waals surface area contributed by atoms with Gasteiger partial charge in [-0.05, 0) is 23.8 Å². The molecule has 120 valence electrons. The predicted octanol–water partition coefficient (Wildman–Crippen LogP) is 3.77. The van der Waals surface area contributed by atoms with Crippen molar-refractivity contribution in [1.29, 1.82) is 0 Å². The number of pyridine rings is 1. The molecule has 23 heavy (non-hydrogen) atoms. The van der Waals surface area contributed by atoms with Crippen molar-refractivity contribution in [3.05, 3.63) is 79.7 Å². The van der Waals surface area contributed by atoms with Crippen LogP contribution >= 0.6 is 34.8 Å². The van der Waals surface area contributed by atoms with Gasteiger partial charge in [-0.2, -0.15) is 0 Å². The van der Waals surface area contributed by atoms with Crippen molar-refractivity contribution >= 4 is 40.7 Å². The van der Waals surface area contributed by atoms with Crippen LogP contribution in [-0.2, 0) is 6.54 Å². The number of benzene rings is 1. The normalized spacial score (nSPS) is 10.4. The number of amides is 1. The number of halogens is 3. The molecule has 0 aliphatic heterocycles. The number of hydrogen-bond acceptors (Lipinski definition) is 2. The van der Waals surface area contributed by atoms with Crippen LogP contribution in [0.2, 0.25) is 15.1 Å². The molecule has 0 fully saturated rings. The highest BCUT2D eigenvalue weighted by Crippen LogP contribution is 2.23. The Labute approximate surface area is 148 Å². The number of rotatable bonds is 5. The molecule has 0 spiro atoms. The first-order chi connectivity index (χ1) is 10.9. The second-order valence-corrected chi connectivity index (χ2v) is 5.98. The Hall–Kier alpha value is -1.75. The first-order valence-electron chi connectivity index (χ1n) is 6.65. The smallest absolute Gasteiger partial charge is 0.269 e. The van der Waals surface area contributed by atoms with Gasteiger partial charge in [-0.1, -0.05) is 46.9 Å². The molecule has 1 N–H and O–H groups in total. The summed E-state index contributed by atoms with van der Waals surface area (Å²) in [5, 5.41) is 3.42. The molecule has 1 aromatic heterocycles. The Morgan fingerprint density at radius 1 is 1.17 bits per heavy atom. The van der Waals surface area contributed by atoms with E-state index < -0.39 is 5.56 Å². The fraction of sp³-hybridized carbons (Fsp3) is 0.125. The molecule has 0 unspecified atom stereocenters. The highest BCUT2D eigenvalue weighted by atomic mass is 35.5. The largest absolute Gasteiger partial charge is 0.349 e. The topological polar surface area (TPSA) is 51.1 Å². The monoisotopic (exact) mass is 370 g/mol. The average molecular weight is 372 g/mol. The van der Waals surface area contributed by atoms with E-state index in [1.54, 1.807) is 24.3 Å². The quantitative estimate of drug-likeness (QED) is 0.813. The molecule has 4 nitrogen and oxygen atoms in total. The third-order valence-electron chi connectivity index (χ3n) is 3.05. The van der Waals surface area contributed by atoms with E-state index in [1.165, 1.54) is 16.8 Å². The van der Waals surface area contributed by atoms with Crippen molar-refractivity contribution < 1.29 is 4.79 Å². The second kappa shape index (κ2) is 7.68. The van der Waals surface area contributed by atoms with Crippen molar-refractivity contribution in [3.63, 3.8) is 0 Å². The van der Waals surface area contributed by atoms with Gasteiger partial charge < -0.3 is 9.88 Å². The van der Waals surface area contributed by atoms with Crippen molar-refractivity contribution in [2.75, 3.05) is 6.54 Å². The van der Waals surface area contributed by atoms with Gasteiger partial charge in [-0.3, -0.25) is 9.59 Å². The summed E-state index contributed by atoms with van der Waals surface area (Å²) in [5.41, 5.74) is 0.663. The molecule has 1 amide bonds. The Kier molecular flexibility index (Phi) is 5.88. The summed E-state index contributed by atoms with van der Waals surface area (Å²) in [6, 6.07) is 6.40. The lowest BCUT2D eigenvalue weighted by atomic mass is 10.2. The van der Waals surface area contributed by atoms with Crippen LogP contribution in [0.15, 0.2) is 47.9 Å². The van der Waals surface area contributed by atoms with Crippen molar-refractivity contribution in [1.82, 2.24) is 9.88 Å². The summed E-state index contributed by atoms with van der Waals surface area (Å²) in [6.45, 7) is 4.07. The molecule has 1 heterocycles. The standard InChI is InChI=1S/C16H13Cl3N2O2/c1-2-5-20-15(22)11-7-14(19)16(23)21(9-11)8-10-3-4-12(17)13(18)6-10/h2-4,6-7,9H,1,5,8H2,(H,20,22). The highest BCUT2D eigenvalue weighted by Gasteiger charge is 2.11. The molecule has 0 saturated carbocycles. The molecular formula is C16H13Cl3N2O2. The number of carbonyl (C=O) groups is 1. The summed E-state index contributed by atoms with van der Waals surface area (Å²) < 4.78 is 1.35. The number of carbonyl (C=O) groups excluding carboxylic acids is 1. The van der Waals surface area contributed by atoms with Crippen LogP contribution in [0.25, 0.3) is 0 Å². The van der Waals surface area contributed by atoms with Crippen LogP contribution < -0.4 is 10.9 Å². The van der Waals surface area contributed by atoms with Crippen LogP contribution in [0, 0.1) is 0 Å². The van der Waals surface area contributed by atoms with Crippen LogP contribution in [-0.4, -0.2) is 17.0 Å². The summed E-state index contributed by atoms with van der Waals surface area (Å²) >= 11 is 17.8. The highest BCUT2D eigenvalue weighted by molar-refractivity contribution is 6.42. The van der Waals surface area contributed by atoms with Crippen LogP contribution in [0.5, 0.6) is 0 Å². The van der Waals surface area contributed by atoms with Gasteiger partial charge in [0.1, 0.15) is 5.02 Å². The summed E-state index contributed by atoms with van der Waals surface area (Å²) in [4.78, 5) is 24.1. The minimum atomic E-state index is -0.391. The Morgan fingerprint density at radius 3 is 2.57 bits per heavy atom. The maximum atomic E-state index is 12.1. The summed E-state index contributed by atoms with van der Waals surface area (Å²) in [5.74, 6) is -0.338. The molecule has 0 atom stereocenters. The lowest BCUT2D eigenvalue weighted by molar-refractivity contribution is 0.0957. The lowest BCUT2D eigenvalue weighted by Crippen LogP contribution is -2.27. The SMILES string of the molecule is C=CCNC(=O)c1cc(Cl)c(=O)n(Cc2ccc(Cl)c(Cl)c2)c1. The van der Waals surface area contributed by atoms with E-state index in [2.05, 4.69) is 11.9 Å². The first-order valence-corrected chi connectivity index (χ1v) is 7.78. The average Bonchev–Trinajstić information content (AvgIpc) is 2.52. The Morgan fingerprint density at radius 2 is 1.91 bits per heavy atom. The molecule has 0 radical (unpaired) electrons. The van der Waals surface area contributed by atoms with E-state index in [9.17, 15) is 9.59 Å². The molecule has 7 heteroatoms. The van der Waals surface area contributed by atoms with Crippen molar-refractivity contribution in [2.45, 2.75) is 6.54 Å². The van der Waals surface area contributed by atoms with E-state index in [0.29, 0.717) is 16.6 Å². The second-order valence-electron chi connectivity index (χ2n) is 4.76. The van der Waals surface area contributed by atoms with Gasteiger partial charge in [0.25, 0.3) is 11.5 Å². The number of aromatic nitrogens is 1. The van der Waals surface area contributed by atoms with Crippen LogP contribution in [0.4, 0.5) is 0 Å². The van der Waals surface area contributed by atoms with Crippen molar-refractivity contribution in [3.8, 4) is 0 Å². The minimum absolute atomic E-state index is 0.0312. The van der Waals surface area contributed by atoms with Crippen LogP contribution in [0.3, 0.4) is 0 Å². The Bertz CT molecular complexity index is 815. The van der Waals surface area contributed by atoms with Gasteiger partial charge in [-0.15, -0.1) is 6.58 Å². The fourth-order valence-corrected chi connectivity index (χ4v) is 2.49. The zero-order valence-electron chi connectivity index (χ0n) is 12.0. The van der Waals surface area contributed by atoms with Gasteiger partial charge in [0.05, 0.1) is 22.2 Å². The summed E-state index contributed by atoms with van der Waals surface area (Å²) in [6.07, 6.45) is 3.01. The minimum Gasteiger partial charge on any atom is -0.349 e. The lowest BCUT2D eigenvalue weighted by Gasteiger charge is -2.10. The van der Waals surface area contributed by atoms with Gasteiger partial charge >= 0.3 is 0 Å². The maximum absolute atomic E-state index is 12.1. The predicted molar refractivity (Wildman–Crippen MR) is 93.8 cm³/mol. The third-order valence-corrected chi connectivity index (χ3v) is 4.06. The maximum Gasteiger partial charge on any atom is 0.269 e. The van der Waals surface area contributed by atoms with E-state index >= 15 is 0 Å². The molecule has 0 saturated heterocycles. The molecule has 0 aliphatic rings. The van der Waals surface area contributed by atoms with E-state index in [4.69, 9.17) is 34.8 Å². The summed E-state index contributed by atoms with van der Waals surface area (Å²) in [7, 11) is 0. The number of nitrogens with one attached hydrogen (secondary N) is 1. The van der Waals surface area contributed by atoms with Gasteiger partial charge in [0.2, 0.25) is 0 Å². The molecule has 2 aromatic rings. The van der Waals surface area contributed by atoms with Gasteiger partial charge in [-0.25, -0.2) is 0 Å².